The van der Waals surface area contributed by atoms with Crippen LogP contribution >= 0.6 is 0 Å². The summed E-state index contributed by atoms with van der Waals surface area (Å²) in [6, 6.07) is 9.94. The lowest BCUT2D eigenvalue weighted by Crippen LogP contribution is -2.25. The van der Waals surface area contributed by atoms with Gasteiger partial charge in [0.1, 0.15) is 6.10 Å². The molecule has 2 rings (SSSR count). The lowest BCUT2D eigenvalue weighted by molar-refractivity contribution is -0.757. The van der Waals surface area contributed by atoms with Crippen LogP contribution in [0.4, 0.5) is 0 Å². The minimum atomic E-state index is -0.829. The first-order valence-corrected chi connectivity index (χ1v) is 14.8. The number of aliphatic hydroxyl groups excluding tert-OH is 2. The molecule has 3 N–H and O–H groups in total. The predicted molar refractivity (Wildman–Crippen MR) is 155 cm³/mol. The Morgan fingerprint density at radius 1 is 1.15 bits per heavy atom. The number of ether oxygens (including phenoxy) is 1. The number of esters is 1. The number of rotatable bonds is 20. The second-order valence-corrected chi connectivity index (χ2v) is 10.5. The SMILES string of the molecule is CCNC(=O)CCC/C=C\C[C@@H]1[C@H](/C=C/[C@@H](O)CCc2ccccc2)[C@H](O)C[C@@H]1OC(=O)CCCCCO[N+](=O)[O-]. The zero-order valence-corrected chi connectivity index (χ0v) is 24.1. The van der Waals surface area contributed by atoms with Crippen LogP contribution in [0.3, 0.4) is 0 Å². The minimum absolute atomic E-state index is 0.000233. The Labute approximate surface area is 242 Å². The molecule has 1 aromatic rings. The maximum Gasteiger partial charge on any atom is 0.306 e. The van der Waals surface area contributed by atoms with Crippen molar-refractivity contribution in [3.05, 3.63) is 70.3 Å². The number of hydrogen-bond acceptors (Lipinski definition) is 8. The van der Waals surface area contributed by atoms with Crippen molar-refractivity contribution in [3.8, 4) is 0 Å². The van der Waals surface area contributed by atoms with E-state index >= 15 is 0 Å². The number of carbonyl (C=O) groups is 2. The van der Waals surface area contributed by atoms with E-state index < -0.39 is 23.4 Å². The summed E-state index contributed by atoms with van der Waals surface area (Å²) >= 11 is 0. The maximum atomic E-state index is 12.6. The first-order chi connectivity index (χ1) is 19.8. The molecular formula is C31H46N2O8. The van der Waals surface area contributed by atoms with E-state index in [0.717, 1.165) is 24.8 Å². The van der Waals surface area contributed by atoms with Gasteiger partial charge in [-0.05, 0) is 57.4 Å². The normalized spacial score (nSPS) is 21.2. The van der Waals surface area contributed by atoms with E-state index in [1.807, 2.05) is 55.5 Å². The predicted octanol–water partition coefficient (Wildman–Crippen LogP) is 4.47. The lowest BCUT2D eigenvalue weighted by atomic mass is 9.89. The van der Waals surface area contributed by atoms with Gasteiger partial charge in [0.05, 0.1) is 18.8 Å². The largest absolute Gasteiger partial charge is 0.462 e. The van der Waals surface area contributed by atoms with Gasteiger partial charge in [0.25, 0.3) is 5.09 Å². The highest BCUT2D eigenvalue weighted by Crippen LogP contribution is 2.38. The molecule has 0 unspecified atom stereocenters. The topological polar surface area (TPSA) is 148 Å². The summed E-state index contributed by atoms with van der Waals surface area (Å²) in [5, 5.41) is 33.6. The van der Waals surface area contributed by atoms with Crippen molar-refractivity contribution in [1.29, 1.82) is 0 Å². The Bertz CT molecular complexity index is 968. The molecule has 10 heteroatoms. The van der Waals surface area contributed by atoms with E-state index in [9.17, 15) is 29.9 Å². The molecule has 0 saturated heterocycles. The van der Waals surface area contributed by atoms with Crippen LogP contribution < -0.4 is 5.32 Å². The Hall–Kier alpha value is -3.24. The number of aryl methyl sites for hydroxylation is 1. The fraction of sp³-hybridized carbons (Fsp3) is 0.613. The molecule has 0 radical (unpaired) electrons. The van der Waals surface area contributed by atoms with E-state index in [0.29, 0.717) is 51.5 Å². The summed E-state index contributed by atoms with van der Waals surface area (Å²) in [6.07, 6.45) is 11.7. The molecule has 1 aromatic carbocycles. The third kappa shape index (κ3) is 14.3. The van der Waals surface area contributed by atoms with Gasteiger partial charge in [-0.15, -0.1) is 10.1 Å². The number of hydrogen-bond donors (Lipinski definition) is 3. The van der Waals surface area contributed by atoms with Crippen molar-refractivity contribution < 1.29 is 34.5 Å². The molecule has 0 spiro atoms. The molecule has 0 aliphatic heterocycles. The van der Waals surface area contributed by atoms with Gasteiger partial charge in [0.2, 0.25) is 5.91 Å². The standard InChI is InChI=1S/C31H46N2O8/c1-2-32-30(36)16-10-4-3-9-15-27-26(21-20-25(34)19-18-24-13-7-5-8-14-24)28(35)23-29(27)41-31(37)17-11-6-12-22-40-33(38)39/h3,5,7-9,13-14,20-21,25-29,34-35H,2,4,6,10-12,15-19,22-23H2,1H3,(H,32,36)/b9-3-,21-20+/t25-,26-,27+,28+,29-/m0/s1. The Balaban J connectivity index is 1.93. The van der Waals surface area contributed by atoms with E-state index in [4.69, 9.17) is 4.74 Å². The van der Waals surface area contributed by atoms with Crippen molar-refractivity contribution in [3.63, 3.8) is 0 Å². The third-order valence-electron chi connectivity index (χ3n) is 7.25. The highest BCUT2D eigenvalue weighted by atomic mass is 16.9. The number of amides is 1. The highest BCUT2D eigenvalue weighted by Gasteiger charge is 2.42. The molecule has 1 amide bonds. The summed E-state index contributed by atoms with van der Waals surface area (Å²) in [5.41, 5.74) is 1.15. The molecular weight excluding hydrogens is 528 g/mol. The van der Waals surface area contributed by atoms with Crippen molar-refractivity contribution in [2.24, 2.45) is 11.8 Å². The molecule has 1 saturated carbocycles. The van der Waals surface area contributed by atoms with Gasteiger partial charge in [-0.25, -0.2) is 0 Å². The molecule has 1 fully saturated rings. The van der Waals surface area contributed by atoms with Crippen LogP contribution in [0.5, 0.6) is 0 Å². The fourth-order valence-corrected chi connectivity index (χ4v) is 5.08. The number of carbonyl (C=O) groups excluding carboxylic acids is 2. The molecule has 41 heavy (non-hydrogen) atoms. The van der Waals surface area contributed by atoms with Crippen molar-refractivity contribution in [2.75, 3.05) is 13.2 Å². The first kappa shape index (κ1) is 34.0. The summed E-state index contributed by atoms with van der Waals surface area (Å²) in [7, 11) is 0. The molecule has 0 aromatic heterocycles. The summed E-state index contributed by atoms with van der Waals surface area (Å²) in [5.74, 6) is -0.757. The Kier molecular flexibility index (Phi) is 16.4. The van der Waals surface area contributed by atoms with E-state index in [2.05, 4.69) is 10.2 Å². The molecule has 10 nitrogen and oxygen atoms in total. The Morgan fingerprint density at radius 2 is 1.93 bits per heavy atom. The lowest BCUT2D eigenvalue weighted by Gasteiger charge is -2.23. The summed E-state index contributed by atoms with van der Waals surface area (Å²) < 4.78 is 5.80. The molecule has 228 valence electrons. The van der Waals surface area contributed by atoms with Crippen LogP contribution in [0, 0.1) is 22.0 Å². The van der Waals surface area contributed by atoms with Gasteiger partial charge in [-0.1, -0.05) is 61.1 Å². The third-order valence-corrected chi connectivity index (χ3v) is 7.25. The summed E-state index contributed by atoms with van der Waals surface area (Å²) in [4.78, 5) is 38.7. The van der Waals surface area contributed by atoms with Gasteiger partial charge in [-0.3, -0.25) is 9.59 Å². The highest BCUT2D eigenvalue weighted by molar-refractivity contribution is 5.75. The minimum Gasteiger partial charge on any atom is -0.462 e. The van der Waals surface area contributed by atoms with E-state index in [1.165, 1.54) is 0 Å². The summed E-state index contributed by atoms with van der Waals surface area (Å²) in [6.45, 7) is 2.50. The number of benzene rings is 1. The van der Waals surface area contributed by atoms with Crippen LogP contribution in [-0.2, 0) is 25.6 Å². The van der Waals surface area contributed by atoms with E-state index in [-0.39, 0.29) is 36.7 Å². The number of allylic oxidation sites excluding steroid dienone is 2. The maximum absolute atomic E-state index is 12.6. The second-order valence-electron chi connectivity index (χ2n) is 10.5. The molecule has 0 heterocycles. The smallest absolute Gasteiger partial charge is 0.306 e. The monoisotopic (exact) mass is 574 g/mol. The molecule has 5 atom stereocenters. The van der Waals surface area contributed by atoms with Crippen LogP contribution in [0.15, 0.2) is 54.6 Å². The van der Waals surface area contributed by atoms with Gasteiger partial charge >= 0.3 is 5.97 Å². The fourth-order valence-electron chi connectivity index (χ4n) is 5.08. The first-order valence-electron chi connectivity index (χ1n) is 14.8. The van der Waals surface area contributed by atoms with Gasteiger partial charge in [0.15, 0.2) is 0 Å². The second kappa shape index (κ2) is 19.8. The quantitative estimate of drug-likeness (QED) is 0.0679. The van der Waals surface area contributed by atoms with Crippen molar-refractivity contribution in [1.82, 2.24) is 5.32 Å². The zero-order chi connectivity index (χ0) is 29.9. The van der Waals surface area contributed by atoms with Crippen LogP contribution in [-0.4, -0.2) is 58.6 Å². The molecule has 1 aliphatic carbocycles. The number of nitrogens with one attached hydrogen (secondary N) is 1. The molecule has 1 aliphatic rings. The van der Waals surface area contributed by atoms with Crippen LogP contribution in [0.25, 0.3) is 0 Å². The average Bonchev–Trinajstić information content (AvgIpc) is 3.23. The van der Waals surface area contributed by atoms with Gasteiger partial charge < -0.3 is 25.1 Å². The average molecular weight is 575 g/mol. The van der Waals surface area contributed by atoms with Crippen LogP contribution in [0.1, 0.15) is 76.7 Å². The van der Waals surface area contributed by atoms with Crippen LogP contribution in [0.2, 0.25) is 0 Å². The zero-order valence-electron chi connectivity index (χ0n) is 24.1. The van der Waals surface area contributed by atoms with Gasteiger partial charge in [0, 0.05) is 37.6 Å². The Morgan fingerprint density at radius 3 is 2.66 bits per heavy atom. The molecule has 0 bridgehead atoms. The van der Waals surface area contributed by atoms with E-state index in [1.54, 1.807) is 6.08 Å². The number of unbranched alkanes of at least 4 members (excludes halogenated alkanes) is 3. The number of nitrogens with zero attached hydrogens (tertiary/aromatic N) is 1. The van der Waals surface area contributed by atoms with Crippen molar-refractivity contribution in [2.45, 2.75) is 95.9 Å². The number of aliphatic hydroxyl groups is 2. The van der Waals surface area contributed by atoms with Crippen molar-refractivity contribution >= 4 is 11.9 Å². The van der Waals surface area contributed by atoms with Gasteiger partial charge in [-0.2, -0.15) is 0 Å².